The molecule has 0 saturated carbocycles. The molecule has 4 aliphatic rings. The number of fused-ring (bicyclic) bond motifs is 2. The van der Waals surface area contributed by atoms with Crippen LogP contribution in [0.4, 0.5) is 11.4 Å². The molecule has 2 amide bonds. The maximum Gasteiger partial charge on any atom is 0.313 e. The van der Waals surface area contributed by atoms with Crippen LogP contribution in [0.2, 0.25) is 0 Å². The van der Waals surface area contributed by atoms with Gasteiger partial charge in [0.1, 0.15) is 17.6 Å². The Labute approximate surface area is 236 Å². The van der Waals surface area contributed by atoms with Crippen molar-refractivity contribution in [2.75, 3.05) is 49.2 Å². The van der Waals surface area contributed by atoms with Crippen LogP contribution in [0.1, 0.15) is 46.5 Å². The third-order valence-corrected chi connectivity index (χ3v) is 8.85. The lowest BCUT2D eigenvalue weighted by molar-refractivity contribution is -0.158. The van der Waals surface area contributed by atoms with E-state index in [-0.39, 0.29) is 31.6 Å². The second-order valence-electron chi connectivity index (χ2n) is 11.2. The molecular weight excluding hydrogens is 510 g/mol. The van der Waals surface area contributed by atoms with Gasteiger partial charge in [-0.3, -0.25) is 14.4 Å². The van der Waals surface area contributed by atoms with Gasteiger partial charge >= 0.3 is 5.97 Å². The SMILES string of the molecule is CCN(CC)c1ccc(N2CC=C[C@]34O[C@@]5(C)/C=C\CCCOC(=O)[C@H]5[C@H]3C(=O)N(CCCCO)C4C2=O)cc1. The van der Waals surface area contributed by atoms with Crippen molar-refractivity contribution in [3.63, 3.8) is 0 Å². The highest BCUT2D eigenvalue weighted by atomic mass is 16.6. The molecule has 1 aromatic rings. The number of esters is 1. The number of hydrogen-bond donors (Lipinski definition) is 1. The number of allylic oxidation sites excluding steroid dienone is 1. The van der Waals surface area contributed by atoms with E-state index in [2.05, 4.69) is 18.7 Å². The van der Waals surface area contributed by atoms with Crippen LogP contribution in [0, 0.1) is 11.8 Å². The molecule has 2 fully saturated rings. The van der Waals surface area contributed by atoms with Crippen molar-refractivity contribution < 1.29 is 29.0 Å². The van der Waals surface area contributed by atoms with Crippen LogP contribution in [-0.4, -0.2) is 84.4 Å². The number of nitrogens with zero attached hydrogens (tertiary/aromatic N) is 3. The summed E-state index contributed by atoms with van der Waals surface area (Å²) in [6.45, 7) is 8.67. The van der Waals surface area contributed by atoms with Crippen LogP contribution in [0.3, 0.4) is 0 Å². The summed E-state index contributed by atoms with van der Waals surface area (Å²) in [6, 6.07) is 6.96. The molecule has 4 aliphatic heterocycles. The highest BCUT2D eigenvalue weighted by Crippen LogP contribution is 2.57. The third kappa shape index (κ3) is 4.63. The number of amides is 2. The first-order valence-electron chi connectivity index (χ1n) is 14.6. The molecule has 1 aromatic carbocycles. The first kappa shape index (κ1) is 28.4. The van der Waals surface area contributed by atoms with E-state index in [1.807, 2.05) is 55.5 Å². The van der Waals surface area contributed by atoms with E-state index >= 15 is 0 Å². The zero-order chi connectivity index (χ0) is 28.5. The Hall–Kier alpha value is -3.17. The van der Waals surface area contributed by atoms with Crippen LogP contribution >= 0.6 is 0 Å². The number of aliphatic hydroxyl groups is 1. The van der Waals surface area contributed by atoms with Crippen molar-refractivity contribution in [2.45, 2.75) is 63.7 Å². The Kier molecular flexibility index (Phi) is 8.06. The lowest BCUT2D eigenvalue weighted by atomic mass is 9.74. The fraction of sp³-hybridized carbons (Fsp3) is 0.581. The molecule has 9 heteroatoms. The van der Waals surface area contributed by atoms with Crippen molar-refractivity contribution in [3.8, 4) is 0 Å². The van der Waals surface area contributed by atoms with Gasteiger partial charge in [-0.05, 0) is 70.7 Å². The summed E-state index contributed by atoms with van der Waals surface area (Å²) >= 11 is 0. The average Bonchev–Trinajstić information content (AvgIpc) is 3.29. The van der Waals surface area contributed by atoms with Gasteiger partial charge in [-0.25, -0.2) is 0 Å². The van der Waals surface area contributed by atoms with Crippen molar-refractivity contribution >= 4 is 29.2 Å². The van der Waals surface area contributed by atoms with E-state index in [1.165, 1.54) is 0 Å². The molecule has 1 N–H and O–H groups in total. The lowest BCUT2D eigenvalue weighted by Crippen LogP contribution is -2.56. The van der Waals surface area contributed by atoms with Crippen LogP contribution in [0.15, 0.2) is 48.6 Å². The molecule has 2 saturated heterocycles. The van der Waals surface area contributed by atoms with Gasteiger partial charge < -0.3 is 29.3 Å². The van der Waals surface area contributed by atoms with Gasteiger partial charge in [0.05, 0.1) is 18.1 Å². The molecule has 40 heavy (non-hydrogen) atoms. The monoisotopic (exact) mass is 551 g/mol. The predicted molar refractivity (Wildman–Crippen MR) is 152 cm³/mol. The summed E-state index contributed by atoms with van der Waals surface area (Å²) in [6.07, 6.45) is 10.1. The summed E-state index contributed by atoms with van der Waals surface area (Å²) < 4.78 is 12.4. The van der Waals surface area contributed by atoms with Crippen LogP contribution in [0.5, 0.6) is 0 Å². The van der Waals surface area contributed by atoms with E-state index in [4.69, 9.17) is 9.47 Å². The molecule has 1 spiro atoms. The Morgan fingerprint density at radius 2 is 1.75 bits per heavy atom. The minimum atomic E-state index is -1.31. The Bertz CT molecular complexity index is 1180. The van der Waals surface area contributed by atoms with Gasteiger partial charge in [0.15, 0.2) is 0 Å². The number of rotatable bonds is 8. The Balaban J connectivity index is 1.56. The second-order valence-corrected chi connectivity index (χ2v) is 11.2. The highest BCUT2D eigenvalue weighted by Gasteiger charge is 2.74. The van der Waals surface area contributed by atoms with Crippen LogP contribution < -0.4 is 9.80 Å². The number of likely N-dealkylation sites (tertiary alicyclic amines) is 1. The van der Waals surface area contributed by atoms with Gasteiger partial charge in [-0.2, -0.15) is 0 Å². The maximum absolute atomic E-state index is 14.5. The van der Waals surface area contributed by atoms with Gasteiger partial charge in [-0.15, -0.1) is 0 Å². The molecule has 1 unspecified atom stereocenters. The minimum Gasteiger partial charge on any atom is -0.465 e. The minimum absolute atomic E-state index is 0.00551. The van der Waals surface area contributed by atoms with E-state index in [0.29, 0.717) is 25.8 Å². The van der Waals surface area contributed by atoms with E-state index < -0.39 is 35.0 Å². The molecule has 5 rings (SSSR count). The predicted octanol–water partition coefficient (Wildman–Crippen LogP) is 3.07. The fourth-order valence-electron chi connectivity index (χ4n) is 6.93. The number of cyclic esters (lactones) is 1. The van der Waals surface area contributed by atoms with Gasteiger partial charge in [-0.1, -0.05) is 24.3 Å². The van der Waals surface area contributed by atoms with E-state index in [1.54, 1.807) is 9.80 Å². The van der Waals surface area contributed by atoms with Gasteiger partial charge in [0.2, 0.25) is 5.91 Å². The first-order chi connectivity index (χ1) is 19.3. The Morgan fingerprint density at radius 3 is 2.45 bits per heavy atom. The molecule has 0 bridgehead atoms. The van der Waals surface area contributed by atoms with Gasteiger partial charge in [0, 0.05) is 44.2 Å². The van der Waals surface area contributed by atoms with E-state index in [9.17, 15) is 19.5 Å². The molecule has 0 aliphatic carbocycles. The number of carbonyl (C=O) groups excluding carboxylic acids is 3. The number of carbonyl (C=O) groups is 3. The quantitative estimate of drug-likeness (QED) is 0.301. The number of benzene rings is 1. The summed E-state index contributed by atoms with van der Waals surface area (Å²) in [5.74, 6) is -2.76. The number of ether oxygens (including phenoxy) is 2. The molecular formula is C31H41N3O6. The van der Waals surface area contributed by atoms with E-state index in [0.717, 1.165) is 30.9 Å². The fourth-order valence-corrected chi connectivity index (χ4v) is 6.93. The Morgan fingerprint density at radius 1 is 1.00 bits per heavy atom. The van der Waals surface area contributed by atoms with Crippen molar-refractivity contribution in [1.82, 2.24) is 4.90 Å². The van der Waals surface area contributed by atoms with Crippen molar-refractivity contribution in [2.24, 2.45) is 11.8 Å². The smallest absolute Gasteiger partial charge is 0.313 e. The van der Waals surface area contributed by atoms with Crippen LogP contribution in [-0.2, 0) is 23.9 Å². The number of anilines is 2. The molecule has 9 nitrogen and oxygen atoms in total. The van der Waals surface area contributed by atoms with Crippen LogP contribution in [0.25, 0.3) is 0 Å². The highest BCUT2D eigenvalue weighted by molar-refractivity contribution is 6.05. The van der Waals surface area contributed by atoms with Crippen molar-refractivity contribution in [3.05, 3.63) is 48.6 Å². The second kappa shape index (κ2) is 11.4. The largest absolute Gasteiger partial charge is 0.465 e. The number of aliphatic hydroxyl groups excluding tert-OH is 1. The van der Waals surface area contributed by atoms with Crippen molar-refractivity contribution in [1.29, 1.82) is 0 Å². The summed E-state index contributed by atoms with van der Waals surface area (Å²) in [4.78, 5) is 47.7. The molecule has 4 heterocycles. The maximum atomic E-state index is 14.5. The summed E-state index contributed by atoms with van der Waals surface area (Å²) in [5.41, 5.74) is -0.595. The average molecular weight is 552 g/mol. The molecule has 0 radical (unpaired) electrons. The third-order valence-electron chi connectivity index (χ3n) is 8.85. The molecule has 216 valence electrons. The standard InChI is InChI=1S/C31H41N3O6/c1-4-32(5-2)22-12-14-23(15-13-22)33-19-11-17-31-24(27(36)34(18-8-9-20-35)26(31)28(33)37)25-29(38)39-21-10-6-7-16-30(25,3)40-31/h7,11-17,24-26,35H,4-6,8-10,18-21H2,1-3H3/b16-7-/t24-,25+,26?,30-,31-/m0/s1. The zero-order valence-corrected chi connectivity index (χ0v) is 23.8. The number of hydrogen-bond acceptors (Lipinski definition) is 7. The number of unbranched alkanes of at least 4 members (excludes halogenated alkanes) is 1. The normalized spacial score (nSPS) is 32.4. The molecule has 5 atom stereocenters. The summed E-state index contributed by atoms with van der Waals surface area (Å²) in [7, 11) is 0. The lowest BCUT2D eigenvalue weighted by Gasteiger charge is -2.37. The molecule has 0 aromatic heterocycles. The topological polar surface area (TPSA) is 99.6 Å². The summed E-state index contributed by atoms with van der Waals surface area (Å²) in [5, 5.41) is 9.40. The van der Waals surface area contributed by atoms with Gasteiger partial charge in [0.25, 0.3) is 5.91 Å². The zero-order valence-electron chi connectivity index (χ0n) is 23.8. The first-order valence-corrected chi connectivity index (χ1v) is 14.6.